The number of fused-ring (bicyclic) bond motifs is 9. The van der Waals surface area contributed by atoms with Crippen LogP contribution in [0.15, 0.2) is 200 Å². The number of benzene rings is 9. The van der Waals surface area contributed by atoms with Crippen molar-refractivity contribution in [1.82, 2.24) is 4.57 Å². The molecule has 0 radical (unpaired) electrons. The number of rotatable bonds is 5. The molecule has 2 aromatic heterocycles. The van der Waals surface area contributed by atoms with Crippen molar-refractivity contribution < 1.29 is 0 Å². The molecule has 3 heteroatoms. The van der Waals surface area contributed by atoms with Crippen LogP contribution in [-0.2, 0) is 5.41 Å². The summed E-state index contributed by atoms with van der Waals surface area (Å²) in [5.41, 5.74) is 18.6. The van der Waals surface area contributed by atoms with Gasteiger partial charge in [-0.25, -0.2) is 0 Å². The molecular weight excluding hydrogens is 733 g/mol. The van der Waals surface area contributed by atoms with Crippen LogP contribution in [0.25, 0.3) is 81.0 Å². The normalized spacial score (nSPS) is 14.9. The summed E-state index contributed by atoms with van der Waals surface area (Å²) in [5, 5.41) is 5.14. The molecule has 59 heavy (non-hydrogen) atoms. The number of thiophene rings is 1. The fourth-order valence-electron chi connectivity index (χ4n) is 10.5. The molecule has 3 heterocycles. The lowest BCUT2D eigenvalue weighted by Gasteiger charge is -2.29. The van der Waals surface area contributed by atoms with Crippen LogP contribution in [0.4, 0.5) is 17.1 Å². The van der Waals surface area contributed by atoms with Crippen LogP contribution in [0.3, 0.4) is 0 Å². The monoisotopic (exact) mass is 768 g/mol. The molecule has 2 nitrogen and oxygen atoms in total. The summed E-state index contributed by atoms with van der Waals surface area (Å²) in [4.78, 5) is 2.44. The van der Waals surface area contributed by atoms with E-state index in [4.69, 9.17) is 0 Å². The maximum atomic E-state index is 2.56. The summed E-state index contributed by atoms with van der Waals surface area (Å²) in [6, 6.07) is 74.4. The lowest BCUT2D eigenvalue weighted by molar-refractivity contribution is 0.714. The van der Waals surface area contributed by atoms with Gasteiger partial charge in [0.25, 0.3) is 0 Å². The average Bonchev–Trinajstić information content (AvgIpc) is 3.90. The summed E-state index contributed by atoms with van der Waals surface area (Å²) in [6.45, 7) is 2.43. The van der Waals surface area contributed by atoms with Gasteiger partial charge in [0.15, 0.2) is 0 Å². The number of hydrogen-bond acceptors (Lipinski definition) is 2. The van der Waals surface area contributed by atoms with E-state index in [2.05, 4.69) is 217 Å². The second-order valence-electron chi connectivity index (χ2n) is 16.2. The standard InChI is InChI=1S/C56H36N2S/c1-56(37-15-6-3-7-16-37)47-20-12-19-44-41-17-8-10-21-49(41)58-50-32-28-39(33-46(50)45-30-31-48(56)54(53(44)47)55(45)58)57(38-25-23-36(24-26-38)35-13-4-2-5-14-35)40-27-29-43-42-18-9-11-22-51(42)59-52(43)34-40/h2-34H,1H3. The Morgan fingerprint density at radius 1 is 0.441 bits per heavy atom. The number of hydrogen-bond donors (Lipinski definition) is 0. The highest BCUT2D eigenvalue weighted by Crippen LogP contribution is 2.60. The van der Waals surface area contributed by atoms with Gasteiger partial charge in [0, 0.05) is 64.5 Å². The van der Waals surface area contributed by atoms with E-state index in [1.165, 1.54) is 97.7 Å². The Morgan fingerprint density at radius 2 is 1.08 bits per heavy atom. The highest BCUT2D eigenvalue weighted by Gasteiger charge is 2.44. The van der Waals surface area contributed by atoms with Crippen molar-refractivity contribution in [2.45, 2.75) is 12.3 Å². The lowest BCUT2D eigenvalue weighted by atomic mass is 9.74. The summed E-state index contributed by atoms with van der Waals surface area (Å²) in [6.07, 6.45) is 0. The number of anilines is 3. The van der Waals surface area contributed by atoms with Gasteiger partial charge in [-0.1, -0.05) is 146 Å². The SMILES string of the molecule is CC1(c2ccccc2)c2cccc3c2-c2c1ccc1c4cc(N(c5ccc(-c6ccccc6)cc5)c5ccc6c(c5)sc5ccccc56)ccc4n(c21)-c1ccccc1-3. The molecule has 0 saturated heterocycles. The quantitative estimate of drug-likeness (QED) is 0.169. The van der Waals surface area contributed by atoms with Crippen molar-refractivity contribution in [3.8, 4) is 39.1 Å². The predicted octanol–water partition coefficient (Wildman–Crippen LogP) is 15.6. The van der Waals surface area contributed by atoms with Crippen molar-refractivity contribution in [3.05, 3.63) is 217 Å². The molecule has 1 aliphatic heterocycles. The number of para-hydroxylation sites is 1. The minimum Gasteiger partial charge on any atom is -0.310 e. The second-order valence-corrected chi connectivity index (χ2v) is 17.3. The zero-order valence-corrected chi connectivity index (χ0v) is 33.2. The van der Waals surface area contributed by atoms with Crippen molar-refractivity contribution in [2.75, 3.05) is 4.90 Å². The maximum absolute atomic E-state index is 2.56. The predicted molar refractivity (Wildman–Crippen MR) is 250 cm³/mol. The van der Waals surface area contributed by atoms with E-state index in [0.29, 0.717) is 0 Å². The molecule has 13 rings (SSSR count). The fourth-order valence-corrected chi connectivity index (χ4v) is 11.6. The molecule has 1 aliphatic carbocycles. The highest BCUT2D eigenvalue weighted by atomic mass is 32.1. The number of nitrogens with zero attached hydrogens (tertiary/aromatic N) is 2. The molecule has 0 N–H and O–H groups in total. The van der Waals surface area contributed by atoms with Gasteiger partial charge in [-0.2, -0.15) is 0 Å². The largest absolute Gasteiger partial charge is 0.310 e. The minimum atomic E-state index is -0.289. The minimum absolute atomic E-state index is 0.289. The molecule has 1 atom stereocenters. The van der Waals surface area contributed by atoms with Gasteiger partial charge < -0.3 is 9.47 Å². The molecule has 0 amide bonds. The zero-order valence-electron chi connectivity index (χ0n) is 32.4. The fraction of sp³-hybridized carbons (Fsp3) is 0.0357. The van der Waals surface area contributed by atoms with Crippen LogP contribution in [0, 0.1) is 0 Å². The van der Waals surface area contributed by atoms with Crippen LogP contribution in [-0.4, -0.2) is 4.57 Å². The Bertz CT molecular complexity index is 3500. The molecule has 276 valence electrons. The zero-order chi connectivity index (χ0) is 38.8. The first kappa shape index (κ1) is 32.8. The lowest BCUT2D eigenvalue weighted by Crippen LogP contribution is -2.22. The van der Waals surface area contributed by atoms with Gasteiger partial charge in [0.2, 0.25) is 0 Å². The van der Waals surface area contributed by atoms with Crippen molar-refractivity contribution >= 4 is 70.4 Å². The van der Waals surface area contributed by atoms with Crippen LogP contribution in [0.2, 0.25) is 0 Å². The van der Waals surface area contributed by atoms with Crippen LogP contribution in [0.1, 0.15) is 23.6 Å². The van der Waals surface area contributed by atoms with Crippen LogP contribution in [0.5, 0.6) is 0 Å². The van der Waals surface area contributed by atoms with E-state index in [1.807, 2.05) is 11.3 Å². The first-order valence-electron chi connectivity index (χ1n) is 20.4. The average molecular weight is 769 g/mol. The molecular formula is C56H36N2S. The Morgan fingerprint density at radius 3 is 1.95 bits per heavy atom. The van der Waals surface area contributed by atoms with Crippen molar-refractivity contribution in [1.29, 1.82) is 0 Å². The van der Waals surface area contributed by atoms with E-state index in [9.17, 15) is 0 Å². The van der Waals surface area contributed by atoms with Gasteiger partial charge in [-0.05, 0) is 100 Å². The van der Waals surface area contributed by atoms with Gasteiger partial charge in [0.05, 0.1) is 16.7 Å². The van der Waals surface area contributed by atoms with E-state index in [0.717, 1.165) is 17.1 Å². The summed E-state index contributed by atoms with van der Waals surface area (Å²) < 4.78 is 5.17. The van der Waals surface area contributed by atoms with Gasteiger partial charge in [0.1, 0.15) is 0 Å². The Balaban J connectivity index is 1.08. The molecule has 1 unspecified atom stereocenters. The summed E-state index contributed by atoms with van der Waals surface area (Å²) in [5.74, 6) is 0. The topological polar surface area (TPSA) is 8.17 Å². The van der Waals surface area contributed by atoms with Gasteiger partial charge >= 0.3 is 0 Å². The third-order valence-electron chi connectivity index (χ3n) is 13.2. The third-order valence-corrected chi connectivity index (χ3v) is 14.3. The summed E-state index contributed by atoms with van der Waals surface area (Å²) in [7, 11) is 0. The van der Waals surface area contributed by atoms with Crippen LogP contribution < -0.4 is 4.90 Å². The van der Waals surface area contributed by atoms with E-state index < -0.39 is 0 Å². The second kappa shape index (κ2) is 12.2. The molecule has 0 saturated carbocycles. The van der Waals surface area contributed by atoms with Crippen LogP contribution >= 0.6 is 11.3 Å². The van der Waals surface area contributed by atoms with Gasteiger partial charge in [-0.3, -0.25) is 0 Å². The van der Waals surface area contributed by atoms with Crippen molar-refractivity contribution in [3.63, 3.8) is 0 Å². The smallest absolute Gasteiger partial charge is 0.0623 e. The van der Waals surface area contributed by atoms with E-state index >= 15 is 0 Å². The Labute approximate surface area is 346 Å². The molecule has 2 aliphatic rings. The molecule has 11 aromatic rings. The van der Waals surface area contributed by atoms with Crippen molar-refractivity contribution in [2.24, 2.45) is 0 Å². The maximum Gasteiger partial charge on any atom is 0.0623 e. The first-order valence-corrected chi connectivity index (χ1v) is 21.2. The molecule has 0 fully saturated rings. The molecule has 0 bridgehead atoms. The highest BCUT2D eigenvalue weighted by molar-refractivity contribution is 7.25. The van der Waals surface area contributed by atoms with Gasteiger partial charge in [-0.15, -0.1) is 11.3 Å². The van der Waals surface area contributed by atoms with E-state index in [1.54, 1.807) is 0 Å². The molecule has 9 aromatic carbocycles. The summed E-state index contributed by atoms with van der Waals surface area (Å²) >= 11 is 1.87. The Kier molecular flexibility index (Phi) is 6.77. The third kappa shape index (κ3) is 4.51. The first-order chi connectivity index (χ1) is 29.1. The van der Waals surface area contributed by atoms with E-state index in [-0.39, 0.29) is 5.41 Å². The Hall–Kier alpha value is -7.20. The number of aromatic nitrogens is 1. The molecule has 0 spiro atoms.